The lowest BCUT2D eigenvalue weighted by atomic mass is 10.3. The second kappa shape index (κ2) is 3.78. The third-order valence-electron chi connectivity index (χ3n) is 1.14. The summed E-state index contributed by atoms with van der Waals surface area (Å²) in [5, 5.41) is 0.519. The van der Waals surface area contributed by atoms with E-state index < -0.39 is 0 Å². The molecule has 1 rings (SSSR count). The Kier molecular flexibility index (Phi) is 3.22. The van der Waals surface area contributed by atoms with Gasteiger partial charge in [-0.15, -0.1) is 0 Å². The molecule has 59 valence electrons. The fraction of sp³-hybridized carbons (Fsp3) is 0.143. The van der Waals surface area contributed by atoms with Crippen LogP contribution in [0.3, 0.4) is 0 Å². The van der Waals surface area contributed by atoms with Gasteiger partial charge in [-0.25, -0.2) is 0 Å². The Morgan fingerprint density at radius 3 is 2.64 bits per heavy atom. The Morgan fingerprint density at radius 2 is 2.18 bits per heavy atom. The lowest BCUT2D eigenvalue weighted by molar-refractivity contribution is 0.409. The van der Waals surface area contributed by atoms with E-state index in [-0.39, 0.29) is 0 Å². The third-order valence-corrected chi connectivity index (χ3v) is 3.01. The number of ether oxygens (including phenoxy) is 1. The summed E-state index contributed by atoms with van der Waals surface area (Å²) in [5.74, 6) is 0.689. The molecule has 0 aromatic heterocycles. The lowest BCUT2D eigenvalue weighted by Crippen LogP contribution is -1.86. The summed E-state index contributed by atoms with van der Waals surface area (Å²) in [7, 11) is 1.58. The van der Waals surface area contributed by atoms with E-state index >= 15 is 0 Å². The standard InChI is InChI=1S/C7H4Br2ClO/c1-11-7-4(8)2-3-5(10)6(7)9/h2H,1H3. The predicted octanol–water partition coefficient (Wildman–Crippen LogP) is 3.67. The van der Waals surface area contributed by atoms with Crippen LogP contribution >= 0.6 is 43.5 Å². The summed E-state index contributed by atoms with van der Waals surface area (Å²) in [6.45, 7) is 0. The fourth-order valence-electron chi connectivity index (χ4n) is 0.647. The van der Waals surface area contributed by atoms with Crippen LogP contribution in [0.4, 0.5) is 0 Å². The third kappa shape index (κ3) is 1.89. The highest BCUT2D eigenvalue weighted by molar-refractivity contribution is 9.11. The molecule has 1 radical (unpaired) electrons. The molecule has 1 aromatic carbocycles. The number of halogens is 3. The van der Waals surface area contributed by atoms with Crippen LogP contribution in [0.15, 0.2) is 15.0 Å². The topological polar surface area (TPSA) is 9.23 Å². The van der Waals surface area contributed by atoms with Crippen LogP contribution in [0.25, 0.3) is 0 Å². The molecule has 0 saturated carbocycles. The maximum Gasteiger partial charge on any atom is 0.148 e. The van der Waals surface area contributed by atoms with Crippen LogP contribution in [-0.4, -0.2) is 7.11 Å². The highest BCUT2D eigenvalue weighted by Crippen LogP contribution is 2.37. The molecular weight excluding hydrogens is 295 g/mol. The van der Waals surface area contributed by atoms with Gasteiger partial charge in [-0.2, -0.15) is 0 Å². The molecular formula is C7H4Br2ClO. The number of rotatable bonds is 1. The molecule has 0 aliphatic rings. The van der Waals surface area contributed by atoms with Crippen molar-refractivity contribution < 1.29 is 4.74 Å². The van der Waals surface area contributed by atoms with Crippen molar-refractivity contribution in [3.8, 4) is 5.75 Å². The molecule has 0 spiro atoms. The Hall–Kier alpha value is 0.270. The van der Waals surface area contributed by atoms with E-state index in [1.54, 1.807) is 13.2 Å². The van der Waals surface area contributed by atoms with Crippen molar-refractivity contribution in [3.63, 3.8) is 0 Å². The molecule has 0 saturated heterocycles. The highest BCUT2D eigenvalue weighted by Gasteiger charge is 2.08. The molecule has 0 unspecified atom stereocenters. The van der Waals surface area contributed by atoms with Gasteiger partial charge in [-0.1, -0.05) is 11.6 Å². The van der Waals surface area contributed by atoms with Crippen LogP contribution in [-0.2, 0) is 0 Å². The van der Waals surface area contributed by atoms with E-state index in [1.807, 2.05) is 0 Å². The second-order valence-corrected chi connectivity index (χ2v) is 3.82. The van der Waals surface area contributed by atoms with Gasteiger partial charge >= 0.3 is 0 Å². The van der Waals surface area contributed by atoms with Crippen molar-refractivity contribution in [2.24, 2.45) is 0 Å². The maximum atomic E-state index is 5.76. The first-order valence-corrected chi connectivity index (χ1v) is 4.72. The molecule has 0 amide bonds. The molecule has 0 N–H and O–H groups in total. The van der Waals surface area contributed by atoms with E-state index in [4.69, 9.17) is 16.3 Å². The second-order valence-electron chi connectivity index (χ2n) is 1.80. The summed E-state index contributed by atoms with van der Waals surface area (Å²) in [5.41, 5.74) is 0. The predicted molar refractivity (Wildman–Crippen MR) is 52.2 cm³/mol. The van der Waals surface area contributed by atoms with Crippen molar-refractivity contribution in [1.82, 2.24) is 0 Å². The Labute approximate surface area is 86.9 Å². The zero-order valence-corrected chi connectivity index (χ0v) is 9.55. The molecule has 0 fully saturated rings. The van der Waals surface area contributed by atoms with Crippen molar-refractivity contribution in [2.45, 2.75) is 0 Å². The zero-order valence-electron chi connectivity index (χ0n) is 5.62. The molecule has 1 aromatic rings. The zero-order chi connectivity index (χ0) is 8.43. The van der Waals surface area contributed by atoms with Crippen molar-refractivity contribution in [2.75, 3.05) is 7.11 Å². The molecule has 0 atom stereocenters. The van der Waals surface area contributed by atoms with Crippen LogP contribution in [0.2, 0.25) is 5.02 Å². The van der Waals surface area contributed by atoms with Gasteiger partial charge in [0.2, 0.25) is 0 Å². The Morgan fingerprint density at radius 1 is 1.55 bits per heavy atom. The average Bonchev–Trinajstić information content (AvgIpc) is 1.99. The molecule has 0 heterocycles. The molecule has 0 aliphatic heterocycles. The van der Waals surface area contributed by atoms with Crippen LogP contribution in [0.1, 0.15) is 0 Å². The quantitative estimate of drug-likeness (QED) is 0.719. The van der Waals surface area contributed by atoms with Gasteiger partial charge in [0.1, 0.15) is 5.75 Å². The Bertz CT molecular complexity index is 275. The first-order chi connectivity index (χ1) is 5.16. The number of hydrogen-bond donors (Lipinski definition) is 0. The minimum absolute atomic E-state index is 0.519. The van der Waals surface area contributed by atoms with Crippen LogP contribution in [0.5, 0.6) is 5.75 Å². The van der Waals surface area contributed by atoms with Gasteiger partial charge in [-0.3, -0.25) is 0 Å². The number of methoxy groups -OCH3 is 1. The van der Waals surface area contributed by atoms with Gasteiger partial charge in [0.15, 0.2) is 0 Å². The molecule has 11 heavy (non-hydrogen) atoms. The van der Waals surface area contributed by atoms with E-state index in [9.17, 15) is 0 Å². The average molecular weight is 299 g/mol. The van der Waals surface area contributed by atoms with E-state index in [0.29, 0.717) is 10.8 Å². The summed E-state index contributed by atoms with van der Waals surface area (Å²) in [6, 6.07) is 4.55. The Balaban J connectivity index is 3.29. The fourth-order valence-corrected chi connectivity index (χ4v) is 2.02. The van der Waals surface area contributed by atoms with Gasteiger partial charge in [0.05, 0.1) is 21.1 Å². The summed E-state index contributed by atoms with van der Waals surface area (Å²) < 4.78 is 6.61. The monoisotopic (exact) mass is 297 g/mol. The highest BCUT2D eigenvalue weighted by atomic mass is 79.9. The van der Waals surface area contributed by atoms with Crippen LogP contribution < -0.4 is 4.74 Å². The summed E-state index contributed by atoms with van der Waals surface area (Å²) >= 11 is 12.3. The minimum atomic E-state index is 0.519. The normalized spacial score (nSPS) is 9.82. The summed E-state index contributed by atoms with van der Waals surface area (Å²) in [6.07, 6.45) is 0. The van der Waals surface area contributed by atoms with Crippen molar-refractivity contribution in [1.29, 1.82) is 0 Å². The summed E-state index contributed by atoms with van der Waals surface area (Å²) in [4.78, 5) is 0. The van der Waals surface area contributed by atoms with Crippen LogP contribution in [0, 0.1) is 6.07 Å². The number of benzene rings is 1. The minimum Gasteiger partial charge on any atom is -0.494 e. The smallest absolute Gasteiger partial charge is 0.148 e. The van der Waals surface area contributed by atoms with Crippen molar-refractivity contribution >= 4 is 43.5 Å². The van der Waals surface area contributed by atoms with E-state index in [2.05, 4.69) is 37.9 Å². The van der Waals surface area contributed by atoms with Gasteiger partial charge in [0.25, 0.3) is 0 Å². The number of hydrogen-bond acceptors (Lipinski definition) is 1. The largest absolute Gasteiger partial charge is 0.494 e. The SMILES string of the molecule is COc1c(Br)c[c]c(Cl)c1Br. The van der Waals surface area contributed by atoms with Crippen molar-refractivity contribution in [3.05, 3.63) is 26.1 Å². The van der Waals surface area contributed by atoms with Gasteiger partial charge in [-0.05, 0) is 37.9 Å². The van der Waals surface area contributed by atoms with Gasteiger partial charge < -0.3 is 4.74 Å². The van der Waals surface area contributed by atoms with Gasteiger partial charge in [0, 0.05) is 6.07 Å². The van der Waals surface area contributed by atoms with E-state index in [1.165, 1.54) is 0 Å². The van der Waals surface area contributed by atoms with E-state index in [0.717, 1.165) is 8.95 Å². The molecule has 1 nitrogen and oxygen atoms in total. The lowest BCUT2D eigenvalue weighted by Gasteiger charge is -2.05. The maximum absolute atomic E-state index is 5.76. The first-order valence-electron chi connectivity index (χ1n) is 2.76. The molecule has 4 heteroatoms. The molecule has 0 bridgehead atoms. The first kappa shape index (κ1) is 9.36. The molecule has 0 aliphatic carbocycles.